The molecule has 1 heterocycles. The third-order valence-corrected chi connectivity index (χ3v) is 6.08. The van der Waals surface area contributed by atoms with Crippen LogP contribution in [-0.2, 0) is 4.79 Å². The van der Waals surface area contributed by atoms with E-state index >= 15 is 0 Å². The van der Waals surface area contributed by atoms with Crippen molar-refractivity contribution in [3.05, 3.63) is 59.7 Å². The van der Waals surface area contributed by atoms with Crippen molar-refractivity contribution in [1.82, 2.24) is 0 Å². The number of carbonyl (C=O) groups is 1. The van der Waals surface area contributed by atoms with E-state index in [-0.39, 0.29) is 16.5 Å². The fourth-order valence-electron chi connectivity index (χ4n) is 3.09. The highest BCUT2D eigenvalue weighted by Crippen LogP contribution is 2.47. The highest BCUT2D eigenvalue weighted by molar-refractivity contribution is 8.01. The smallest absolute Gasteiger partial charge is 0.241 e. The number of unbranched alkanes of at least 4 members (excludes halogenated alkanes) is 1. The summed E-state index contributed by atoms with van der Waals surface area (Å²) in [5, 5.41) is 0.0522. The SMILES string of the molecule is CCCCC1SC(c2ccc(OC)cc2)N(c2ccc(C)cc2)C1=O. The van der Waals surface area contributed by atoms with Gasteiger partial charge in [-0.05, 0) is 43.2 Å². The van der Waals surface area contributed by atoms with Crippen LogP contribution in [0.1, 0.15) is 42.7 Å². The number of hydrogen-bond acceptors (Lipinski definition) is 3. The second kappa shape index (κ2) is 7.96. The summed E-state index contributed by atoms with van der Waals surface area (Å²) in [6, 6.07) is 16.3. The molecule has 4 heteroatoms. The van der Waals surface area contributed by atoms with Gasteiger partial charge in [-0.25, -0.2) is 0 Å². The quantitative estimate of drug-likeness (QED) is 0.700. The summed E-state index contributed by atoms with van der Waals surface area (Å²) in [6.45, 7) is 4.23. The first-order chi connectivity index (χ1) is 12.1. The third-order valence-electron chi connectivity index (χ3n) is 4.57. The van der Waals surface area contributed by atoms with E-state index in [0.29, 0.717) is 0 Å². The molecule has 1 amide bonds. The summed E-state index contributed by atoms with van der Waals surface area (Å²) in [7, 11) is 1.67. The second-order valence-corrected chi connectivity index (χ2v) is 7.72. The van der Waals surface area contributed by atoms with Crippen LogP contribution in [0.3, 0.4) is 0 Å². The maximum Gasteiger partial charge on any atom is 0.241 e. The topological polar surface area (TPSA) is 29.5 Å². The van der Waals surface area contributed by atoms with Crippen LogP contribution < -0.4 is 9.64 Å². The Labute approximate surface area is 154 Å². The van der Waals surface area contributed by atoms with Gasteiger partial charge in [0.05, 0.1) is 12.4 Å². The van der Waals surface area contributed by atoms with Crippen molar-refractivity contribution < 1.29 is 9.53 Å². The fourth-order valence-corrected chi connectivity index (χ4v) is 4.60. The molecule has 2 aromatic carbocycles. The van der Waals surface area contributed by atoms with E-state index in [1.807, 2.05) is 29.2 Å². The lowest BCUT2D eigenvalue weighted by atomic mass is 10.1. The van der Waals surface area contributed by atoms with Gasteiger partial charge >= 0.3 is 0 Å². The number of methoxy groups -OCH3 is 1. The van der Waals surface area contributed by atoms with E-state index < -0.39 is 0 Å². The lowest BCUT2D eigenvalue weighted by molar-refractivity contribution is -0.117. The van der Waals surface area contributed by atoms with Gasteiger partial charge in [-0.3, -0.25) is 9.69 Å². The van der Waals surface area contributed by atoms with E-state index in [0.717, 1.165) is 36.3 Å². The van der Waals surface area contributed by atoms with Crippen molar-refractivity contribution in [2.24, 2.45) is 0 Å². The number of ether oxygens (including phenoxy) is 1. The molecular weight excluding hydrogens is 330 g/mol. The molecule has 2 aromatic rings. The Kier molecular flexibility index (Phi) is 5.69. The summed E-state index contributed by atoms with van der Waals surface area (Å²) in [5.41, 5.74) is 3.31. The Morgan fingerprint density at radius 3 is 2.36 bits per heavy atom. The summed E-state index contributed by atoms with van der Waals surface area (Å²) >= 11 is 1.77. The number of aryl methyl sites for hydroxylation is 1. The molecule has 0 bridgehead atoms. The standard InChI is InChI=1S/C21H25NO2S/c1-4-5-6-19-20(23)22(17-11-7-15(2)8-12-17)21(25-19)16-9-13-18(24-3)14-10-16/h7-14,19,21H,4-6H2,1-3H3. The predicted molar refractivity (Wildman–Crippen MR) is 105 cm³/mol. The lowest BCUT2D eigenvalue weighted by Gasteiger charge is -2.24. The van der Waals surface area contributed by atoms with Crippen LogP contribution in [0.5, 0.6) is 5.75 Å². The van der Waals surface area contributed by atoms with Crippen molar-refractivity contribution >= 4 is 23.4 Å². The van der Waals surface area contributed by atoms with Crippen LogP contribution in [-0.4, -0.2) is 18.3 Å². The molecule has 3 rings (SSSR count). The van der Waals surface area contributed by atoms with Crippen LogP contribution in [0.4, 0.5) is 5.69 Å². The van der Waals surface area contributed by atoms with Crippen LogP contribution >= 0.6 is 11.8 Å². The fraction of sp³-hybridized carbons (Fsp3) is 0.381. The number of hydrogen-bond donors (Lipinski definition) is 0. The van der Waals surface area contributed by atoms with Gasteiger partial charge in [0.1, 0.15) is 11.1 Å². The van der Waals surface area contributed by atoms with Crippen molar-refractivity contribution in [1.29, 1.82) is 0 Å². The van der Waals surface area contributed by atoms with Crippen molar-refractivity contribution in [3.8, 4) is 5.75 Å². The maximum absolute atomic E-state index is 13.1. The Morgan fingerprint density at radius 2 is 1.76 bits per heavy atom. The highest BCUT2D eigenvalue weighted by Gasteiger charge is 2.41. The summed E-state index contributed by atoms with van der Waals surface area (Å²) in [4.78, 5) is 15.0. The molecule has 1 aliphatic rings. The first-order valence-electron chi connectivity index (χ1n) is 8.83. The average molecular weight is 356 g/mol. The molecule has 0 radical (unpaired) electrons. The number of nitrogens with zero attached hydrogens (tertiary/aromatic N) is 1. The van der Waals surface area contributed by atoms with Gasteiger partial charge in [0.15, 0.2) is 0 Å². The molecule has 2 atom stereocenters. The molecule has 0 spiro atoms. The number of thioether (sulfide) groups is 1. The first-order valence-corrected chi connectivity index (χ1v) is 9.77. The molecule has 0 aromatic heterocycles. The molecule has 132 valence electrons. The Morgan fingerprint density at radius 1 is 1.08 bits per heavy atom. The van der Waals surface area contributed by atoms with E-state index in [1.54, 1.807) is 18.9 Å². The van der Waals surface area contributed by atoms with Gasteiger partial charge in [0.2, 0.25) is 5.91 Å². The molecule has 25 heavy (non-hydrogen) atoms. The molecule has 3 nitrogen and oxygen atoms in total. The zero-order chi connectivity index (χ0) is 17.8. The zero-order valence-electron chi connectivity index (χ0n) is 15.1. The van der Waals surface area contributed by atoms with Gasteiger partial charge in [0, 0.05) is 5.69 Å². The molecule has 2 unspecified atom stereocenters. The molecule has 1 saturated heterocycles. The van der Waals surface area contributed by atoms with Gasteiger partial charge in [0.25, 0.3) is 0 Å². The van der Waals surface area contributed by atoms with Crippen molar-refractivity contribution in [2.75, 3.05) is 12.0 Å². The number of carbonyl (C=O) groups excluding carboxylic acids is 1. The summed E-state index contributed by atoms with van der Waals surface area (Å²) in [6.07, 6.45) is 3.14. The molecule has 1 fully saturated rings. The summed E-state index contributed by atoms with van der Waals surface area (Å²) < 4.78 is 5.26. The van der Waals surface area contributed by atoms with E-state index in [9.17, 15) is 4.79 Å². The Hall–Kier alpha value is -1.94. The number of amides is 1. The summed E-state index contributed by atoms with van der Waals surface area (Å²) in [5.74, 6) is 1.06. The minimum Gasteiger partial charge on any atom is -0.497 e. The van der Waals surface area contributed by atoms with Gasteiger partial charge < -0.3 is 4.74 Å². The minimum absolute atomic E-state index is 0.0166. The third kappa shape index (κ3) is 3.84. The minimum atomic E-state index is 0.0166. The van der Waals surface area contributed by atoms with Gasteiger partial charge in [-0.1, -0.05) is 49.6 Å². The molecule has 0 N–H and O–H groups in total. The Bertz CT molecular complexity index is 712. The zero-order valence-corrected chi connectivity index (χ0v) is 15.9. The first kappa shape index (κ1) is 17.9. The van der Waals surface area contributed by atoms with Crippen LogP contribution in [0.15, 0.2) is 48.5 Å². The molecule has 1 aliphatic heterocycles. The van der Waals surface area contributed by atoms with Crippen molar-refractivity contribution in [2.45, 2.75) is 43.7 Å². The van der Waals surface area contributed by atoms with Crippen molar-refractivity contribution in [3.63, 3.8) is 0 Å². The molecule has 0 aliphatic carbocycles. The average Bonchev–Trinajstić information content (AvgIpc) is 2.97. The van der Waals surface area contributed by atoms with Crippen LogP contribution in [0.2, 0.25) is 0 Å². The predicted octanol–water partition coefficient (Wildman–Crippen LogP) is 5.34. The van der Waals surface area contributed by atoms with Crippen LogP contribution in [0.25, 0.3) is 0 Å². The van der Waals surface area contributed by atoms with Crippen LogP contribution in [0, 0.1) is 6.92 Å². The number of rotatable bonds is 6. The largest absolute Gasteiger partial charge is 0.497 e. The highest BCUT2D eigenvalue weighted by atomic mass is 32.2. The Balaban J connectivity index is 1.93. The second-order valence-electron chi connectivity index (χ2n) is 6.44. The van der Waals surface area contributed by atoms with Gasteiger partial charge in [-0.15, -0.1) is 11.8 Å². The monoisotopic (exact) mass is 355 g/mol. The van der Waals surface area contributed by atoms with Gasteiger partial charge in [-0.2, -0.15) is 0 Å². The number of anilines is 1. The normalized spacial score (nSPS) is 20.1. The van der Waals surface area contributed by atoms with E-state index in [4.69, 9.17) is 4.74 Å². The maximum atomic E-state index is 13.1. The van der Waals surface area contributed by atoms with E-state index in [2.05, 4.69) is 38.1 Å². The molecule has 0 saturated carbocycles. The van der Waals surface area contributed by atoms with E-state index in [1.165, 1.54) is 5.56 Å². The lowest BCUT2D eigenvalue weighted by Crippen LogP contribution is -2.31. The molecular formula is C21H25NO2S. The number of benzene rings is 2.